The van der Waals surface area contributed by atoms with E-state index < -0.39 is 11.9 Å². The lowest BCUT2D eigenvalue weighted by Gasteiger charge is -2.02. The number of aromatic nitrogens is 3. The molecule has 66 valence electrons. The predicted molar refractivity (Wildman–Crippen MR) is 44.7 cm³/mol. The number of nitrogens with zero attached hydrogens (tertiary/aromatic N) is 3. The van der Waals surface area contributed by atoms with Gasteiger partial charge in [-0.05, 0) is 22.9 Å². The standard InChI is InChI=1S/C6H8BrN3O2/c1-3(11)5(12)4-6(7)8-9-10(4)2/h3,11H,1-2H3. The second-order valence-corrected chi connectivity index (χ2v) is 3.14. The number of Topliss-reactive ketones (excluding diaryl/α,β-unsaturated/α-hetero) is 1. The van der Waals surface area contributed by atoms with Gasteiger partial charge >= 0.3 is 0 Å². The summed E-state index contributed by atoms with van der Waals surface area (Å²) in [5.74, 6) is -0.394. The van der Waals surface area contributed by atoms with E-state index in [0.29, 0.717) is 4.60 Å². The van der Waals surface area contributed by atoms with Crippen LogP contribution in [0.4, 0.5) is 0 Å². The smallest absolute Gasteiger partial charge is 0.211 e. The average molecular weight is 234 g/mol. The van der Waals surface area contributed by atoms with Crippen molar-refractivity contribution in [1.82, 2.24) is 15.0 Å². The topological polar surface area (TPSA) is 68.0 Å². The number of aryl methyl sites for hydroxylation is 1. The van der Waals surface area contributed by atoms with Gasteiger partial charge in [0.15, 0.2) is 4.60 Å². The van der Waals surface area contributed by atoms with Gasteiger partial charge in [0.25, 0.3) is 0 Å². The van der Waals surface area contributed by atoms with Gasteiger partial charge in [0, 0.05) is 7.05 Å². The summed E-state index contributed by atoms with van der Waals surface area (Å²) in [5, 5.41) is 16.2. The first-order chi connectivity index (χ1) is 5.54. The number of hydrogen-bond donors (Lipinski definition) is 1. The number of rotatable bonds is 2. The summed E-state index contributed by atoms with van der Waals surface area (Å²) in [6, 6.07) is 0. The third-order valence-corrected chi connectivity index (χ3v) is 1.93. The Morgan fingerprint density at radius 3 is 2.67 bits per heavy atom. The van der Waals surface area contributed by atoms with E-state index in [1.165, 1.54) is 11.6 Å². The molecule has 1 heterocycles. The highest BCUT2D eigenvalue weighted by Gasteiger charge is 2.20. The lowest BCUT2D eigenvalue weighted by atomic mass is 10.2. The summed E-state index contributed by atoms with van der Waals surface area (Å²) in [7, 11) is 1.59. The van der Waals surface area contributed by atoms with Crippen LogP contribution >= 0.6 is 15.9 Å². The fourth-order valence-electron chi connectivity index (χ4n) is 0.791. The Balaban J connectivity index is 3.09. The molecule has 1 atom stereocenters. The van der Waals surface area contributed by atoms with Crippen LogP contribution in [0.25, 0.3) is 0 Å². The maximum absolute atomic E-state index is 11.3. The summed E-state index contributed by atoms with van der Waals surface area (Å²) in [4.78, 5) is 11.3. The molecule has 1 aromatic rings. The Labute approximate surface area is 77.5 Å². The van der Waals surface area contributed by atoms with Crippen molar-refractivity contribution < 1.29 is 9.90 Å². The van der Waals surface area contributed by atoms with Crippen LogP contribution in [0.1, 0.15) is 17.4 Å². The molecular weight excluding hydrogens is 226 g/mol. The van der Waals surface area contributed by atoms with Gasteiger partial charge in [-0.2, -0.15) is 0 Å². The minimum absolute atomic E-state index is 0.282. The third kappa shape index (κ3) is 1.54. The monoisotopic (exact) mass is 233 g/mol. The van der Waals surface area contributed by atoms with Crippen molar-refractivity contribution in [3.8, 4) is 0 Å². The number of aliphatic hydroxyl groups is 1. The predicted octanol–water partition coefficient (Wildman–Crippen LogP) is 0.141. The summed E-state index contributed by atoms with van der Waals surface area (Å²) < 4.78 is 1.68. The molecule has 6 heteroatoms. The van der Waals surface area contributed by atoms with Crippen LogP contribution in [0.15, 0.2) is 4.60 Å². The van der Waals surface area contributed by atoms with Crippen molar-refractivity contribution in [2.24, 2.45) is 7.05 Å². The highest BCUT2D eigenvalue weighted by atomic mass is 79.9. The molecular formula is C6H8BrN3O2. The molecule has 0 bridgehead atoms. The molecule has 1 aromatic heterocycles. The van der Waals surface area contributed by atoms with Crippen molar-refractivity contribution >= 4 is 21.7 Å². The van der Waals surface area contributed by atoms with E-state index in [0.717, 1.165) is 0 Å². The molecule has 0 saturated heterocycles. The highest BCUT2D eigenvalue weighted by molar-refractivity contribution is 9.10. The number of carbonyl (C=O) groups is 1. The quantitative estimate of drug-likeness (QED) is 0.739. The van der Waals surface area contributed by atoms with Crippen molar-refractivity contribution in [3.63, 3.8) is 0 Å². The summed E-state index contributed by atoms with van der Waals surface area (Å²) in [6.45, 7) is 1.40. The third-order valence-electron chi connectivity index (χ3n) is 1.40. The van der Waals surface area contributed by atoms with E-state index in [2.05, 4.69) is 26.2 Å². The first kappa shape index (κ1) is 9.34. The van der Waals surface area contributed by atoms with Gasteiger partial charge in [0.05, 0.1) is 0 Å². The van der Waals surface area contributed by atoms with Crippen molar-refractivity contribution in [1.29, 1.82) is 0 Å². The fourth-order valence-corrected chi connectivity index (χ4v) is 1.31. The Kier molecular flexibility index (Phi) is 2.58. The molecule has 0 amide bonds. The zero-order chi connectivity index (χ0) is 9.30. The van der Waals surface area contributed by atoms with Gasteiger partial charge in [-0.25, -0.2) is 4.68 Å². The molecule has 1 N–H and O–H groups in total. The van der Waals surface area contributed by atoms with Gasteiger partial charge in [-0.15, -0.1) is 5.10 Å². The molecule has 0 radical (unpaired) electrons. The lowest BCUT2D eigenvalue weighted by Crippen LogP contribution is -2.19. The Bertz CT molecular complexity index is 288. The molecule has 0 aromatic carbocycles. The summed E-state index contributed by atoms with van der Waals surface area (Å²) in [6.07, 6.45) is -1.03. The summed E-state index contributed by atoms with van der Waals surface area (Å²) >= 11 is 3.06. The van der Waals surface area contributed by atoms with Crippen LogP contribution in [0.5, 0.6) is 0 Å². The molecule has 0 fully saturated rings. The molecule has 0 saturated carbocycles. The normalized spacial score (nSPS) is 13.0. The zero-order valence-electron chi connectivity index (χ0n) is 6.65. The molecule has 1 rings (SSSR count). The Morgan fingerprint density at radius 1 is 1.75 bits per heavy atom. The minimum atomic E-state index is -1.03. The molecule has 5 nitrogen and oxygen atoms in total. The van der Waals surface area contributed by atoms with Gasteiger partial charge < -0.3 is 5.11 Å². The van der Waals surface area contributed by atoms with Crippen molar-refractivity contribution in [3.05, 3.63) is 10.3 Å². The summed E-state index contributed by atoms with van der Waals surface area (Å²) in [5.41, 5.74) is 0.282. The van der Waals surface area contributed by atoms with Crippen LogP contribution in [0.2, 0.25) is 0 Å². The van der Waals surface area contributed by atoms with E-state index in [1.807, 2.05) is 0 Å². The van der Waals surface area contributed by atoms with E-state index in [-0.39, 0.29) is 5.69 Å². The zero-order valence-corrected chi connectivity index (χ0v) is 8.24. The van der Waals surface area contributed by atoms with E-state index in [9.17, 15) is 4.79 Å². The average Bonchev–Trinajstić information content (AvgIpc) is 2.30. The van der Waals surface area contributed by atoms with Crippen molar-refractivity contribution in [2.45, 2.75) is 13.0 Å². The van der Waals surface area contributed by atoms with Gasteiger partial charge in [-0.3, -0.25) is 4.79 Å². The SMILES string of the molecule is CC(O)C(=O)c1c(Br)nnn1C. The second kappa shape index (κ2) is 3.32. The molecule has 12 heavy (non-hydrogen) atoms. The highest BCUT2D eigenvalue weighted by Crippen LogP contribution is 2.13. The molecule has 0 spiro atoms. The number of aliphatic hydroxyl groups excluding tert-OH is 1. The van der Waals surface area contributed by atoms with Crippen LogP contribution in [-0.4, -0.2) is 32.0 Å². The van der Waals surface area contributed by atoms with Gasteiger partial charge in [0.1, 0.15) is 11.8 Å². The van der Waals surface area contributed by atoms with E-state index >= 15 is 0 Å². The second-order valence-electron chi connectivity index (χ2n) is 2.39. The maximum Gasteiger partial charge on any atom is 0.211 e. The minimum Gasteiger partial charge on any atom is -0.385 e. The Hall–Kier alpha value is -0.750. The molecule has 0 aliphatic carbocycles. The molecule has 0 aliphatic heterocycles. The maximum atomic E-state index is 11.3. The Morgan fingerprint density at radius 2 is 2.33 bits per heavy atom. The lowest BCUT2D eigenvalue weighted by molar-refractivity contribution is 0.0768. The van der Waals surface area contributed by atoms with Gasteiger partial charge in [-0.1, -0.05) is 5.21 Å². The molecule has 0 aliphatic rings. The van der Waals surface area contributed by atoms with Gasteiger partial charge in [0.2, 0.25) is 5.78 Å². The largest absolute Gasteiger partial charge is 0.385 e. The van der Waals surface area contributed by atoms with E-state index in [4.69, 9.17) is 5.11 Å². The van der Waals surface area contributed by atoms with Crippen LogP contribution in [-0.2, 0) is 7.05 Å². The fraction of sp³-hybridized carbons (Fsp3) is 0.500. The van der Waals surface area contributed by atoms with E-state index in [1.54, 1.807) is 7.05 Å². The van der Waals surface area contributed by atoms with Crippen LogP contribution in [0.3, 0.4) is 0 Å². The number of hydrogen-bond acceptors (Lipinski definition) is 4. The number of halogens is 1. The van der Waals surface area contributed by atoms with Crippen LogP contribution < -0.4 is 0 Å². The number of carbonyl (C=O) groups excluding carboxylic acids is 1. The number of ketones is 1. The van der Waals surface area contributed by atoms with Crippen molar-refractivity contribution in [2.75, 3.05) is 0 Å². The first-order valence-electron chi connectivity index (χ1n) is 3.31. The van der Waals surface area contributed by atoms with Crippen LogP contribution in [0, 0.1) is 0 Å². The first-order valence-corrected chi connectivity index (χ1v) is 4.10. The molecule has 1 unspecified atom stereocenters.